The maximum absolute atomic E-state index is 6.10. The van der Waals surface area contributed by atoms with Crippen LogP contribution in [0.2, 0.25) is 0 Å². The van der Waals surface area contributed by atoms with Crippen LogP contribution >= 0.6 is 23.9 Å². The van der Waals surface area contributed by atoms with E-state index in [1.807, 2.05) is 222 Å². The molecule has 0 bridgehead atoms. The zero-order valence-electron chi connectivity index (χ0n) is 72.1. The zero-order valence-corrected chi connectivity index (χ0v) is 81.8. The molecule has 14 aromatic rings. The Balaban J connectivity index is 0.000000181. The minimum absolute atomic E-state index is 0. The molecule has 2 aliphatic carbocycles. The summed E-state index contributed by atoms with van der Waals surface area (Å²) in [7, 11) is 3.00. The van der Waals surface area contributed by atoms with Crippen LogP contribution in [0.3, 0.4) is 0 Å². The maximum atomic E-state index is 6.10. The van der Waals surface area contributed by atoms with Crippen molar-refractivity contribution in [2.45, 2.75) is 162 Å². The third kappa shape index (κ3) is 29.7. The van der Waals surface area contributed by atoms with Crippen molar-refractivity contribution >= 4 is 41.7 Å². The topological polar surface area (TPSA) is 101 Å². The summed E-state index contributed by atoms with van der Waals surface area (Å²) in [5, 5.41) is 1.59. The smallest absolute Gasteiger partial charge is 0.475 e. The standard InChI is InChI=1S/C26H35O2P.C18H21BNO2.C18H14N.C15H16N.2C12H10N.C6H5Br.3Ir/c1-27-23-17-11-18-24(28-2)26(23)22-16-9-10-19-25(22)29(20-12-5-3-6-13-20)21-14-7-4-8-15-21;1-13-9-10-16(20-12-13)14-7-6-8-15(11-14)19-21-17(2,3)18(4,5)22-19;1-14-10-11-18(19-13-14)17-9-5-8-16(12-17)15-6-3-2-4-7-15;1-12(2)10-13-8-9-15(16-11-13)14-6-4-3-5-7-14;2*1-10-7-8-12(13-9-10)11-5-3-2-4-6-11;7-6-4-2-1-3-5-6;;;/h9-11,16-21H,3-8,12-15H2,1-2H3;6,8-12H,1-5H3;2-8,10-13H,1H3;3-6,8-9,11-12H,10H2,1-2H3;2*2-5,7-9H,1H3;1-5H;;;/q;5*-1;;;;. The molecule has 3 radical (unpaired) electrons. The van der Waals surface area contributed by atoms with Crippen LogP contribution in [0.15, 0.2) is 308 Å². The fourth-order valence-corrected chi connectivity index (χ4v) is 18.6. The normalized spacial score (nSPS) is 13.6. The summed E-state index contributed by atoms with van der Waals surface area (Å²) in [6.07, 6.45) is 24.7. The summed E-state index contributed by atoms with van der Waals surface area (Å²) in [5.74, 6) is 2.51. The molecule has 0 spiro atoms. The Labute approximate surface area is 778 Å². The van der Waals surface area contributed by atoms with Gasteiger partial charge in [-0.1, -0.05) is 216 Å². The number of halogens is 1. The Bertz CT molecular complexity index is 5170. The van der Waals surface area contributed by atoms with Crippen molar-refractivity contribution in [3.05, 3.63) is 367 Å². The fraction of sp³-hybridized carbons (Fsp3) is 0.262. The fourth-order valence-electron chi connectivity index (χ4n) is 14.4. The van der Waals surface area contributed by atoms with Crippen LogP contribution in [0.25, 0.3) is 78.5 Å². The Hall–Kier alpha value is -8.83. The van der Waals surface area contributed by atoms with E-state index in [0.29, 0.717) is 5.92 Å². The molecule has 0 atom stereocenters. The van der Waals surface area contributed by atoms with Crippen LogP contribution in [-0.4, -0.2) is 68.8 Å². The van der Waals surface area contributed by atoms with E-state index in [-0.39, 0.29) is 86.6 Å². The molecule has 1 aliphatic heterocycles. The molecule has 3 aliphatic rings. The summed E-state index contributed by atoms with van der Waals surface area (Å²) in [4.78, 5) is 22.0. The molecule has 0 N–H and O–H groups in total. The van der Waals surface area contributed by atoms with Crippen LogP contribution < -0.4 is 20.2 Å². The van der Waals surface area contributed by atoms with E-state index in [0.717, 1.165) is 107 Å². The maximum Gasteiger partial charge on any atom is 0.475 e. The first kappa shape index (κ1) is 98.6. The quantitative estimate of drug-likeness (QED) is 0.0564. The predicted molar refractivity (Wildman–Crippen MR) is 501 cm³/mol. The van der Waals surface area contributed by atoms with E-state index >= 15 is 0 Å². The number of hydrogen-bond donors (Lipinski definition) is 0. The number of aromatic nitrogens is 5. The number of aryl methyl sites for hydroxylation is 4. The van der Waals surface area contributed by atoms with Gasteiger partial charge in [0.2, 0.25) is 0 Å². The van der Waals surface area contributed by atoms with Crippen molar-refractivity contribution in [3.63, 3.8) is 0 Å². The van der Waals surface area contributed by atoms with Crippen molar-refractivity contribution in [1.82, 2.24) is 24.9 Å². The third-order valence-electron chi connectivity index (χ3n) is 21.4. The largest absolute Gasteiger partial charge is 0.496 e. The minimum atomic E-state index is -0.358. The van der Waals surface area contributed by atoms with Gasteiger partial charge in [0.25, 0.3) is 0 Å². The van der Waals surface area contributed by atoms with Gasteiger partial charge in [0.1, 0.15) is 11.5 Å². The molecular weight excluding hydrogens is 2120 g/mol. The second kappa shape index (κ2) is 50.8. The van der Waals surface area contributed by atoms with Crippen molar-refractivity contribution in [2.75, 3.05) is 14.2 Å². The molecule has 17 rings (SSSR count). The first-order valence-electron chi connectivity index (χ1n) is 41.6. The molecule has 1 saturated heterocycles. The van der Waals surface area contributed by atoms with Crippen LogP contribution in [0, 0.1) is 63.9 Å². The number of pyridine rings is 5. The average Bonchev–Trinajstić information content (AvgIpc) is 1.74. The molecule has 9 aromatic carbocycles. The summed E-state index contributed by atoms with van der Waals surface area (Å²) >= 11 is 3.31. The number of hydrogen-bond acceptors (Lipinski definition) is 9. The first-order valence-corrected chi connectivity index (χ1v) is 43.9. The molecule has 0 unspecified atom stereocenters. The van der Waals surface area contributed by atoms with E-state index in [9.17, 15) is 0 Å². The monoisotopic (exact) mass is 2230 g/mol. The number of methoxy groups -OCH3 is 2. The number of benzene rings is 9. The van der Waals surface area contributed by atoms with E-state index in [1.165, 1.54) is 103 Å². The molecule has 9 nitrogen and oxygen atoms in total. The van der Waals surface area contributed by atoms with Gasteiger partial charge in [-0.2, -0.15) is 0 Å². The van der Waals surface area contributed by atoms with Gasteiger partial charge in [0.05, 0.1) is 31.0 Å². The number of rotatable bonds is 15. The first-order chi connectivity index (χ1) is 57.8. The van der Waals surface area contributed by atoms with Gasteiger partial charge in [0, 0.05) is 95.8 Å². The molecule has 635 valence electrons. The van der Waals surface area contributed by atoms with Crippen LogP contribution in [0.4, 0.5) is 0 Å². The molecule has 5 aromatic heterocycles. The summed E-state index contributed by atoms with van der Waals surface area (Å²) < 4.78 is 24.9. The van der Waals surface area contributed by atoms with E-state index in [1.54, 1.807) is 19.5 Å². The molecule has 15 heteroatoms. The second-order valence-electron chi connectivity index (χ2n) is 31.7. The van der Waals surface area contributed by atoms with Gasteiger partial charge in [-0.3, -0.25) is 0 Å². The van der Waals surface area contributed by atoms with E-state index in [4.69, 9.17) is 18.8 Å². The molecule has 122 heavy (non-hydrogen) atoms. The predicted octanol–water partition coefficient (Wildman–Crippen LogP) is 26.7. The van der Waals surface area contributed by atoms with Gasteiger partial charge in [-0.25, -0.2) is 0 Å². The molecule has 6 heterocycles. The van der Waals surface area contributed by atoms with Crippen LogP contribution in [0.5, 0.6) is 11.5 Å². The Morgan fingerprint density at radius 1 is 0.402 bits per heavy atom. The van der Waals surface area contributed by atoms with Crippen LogP contribution in [0.1, 0.15) is 134 Å². The van der Waals surface area contributed by atoms with Gasteiger partial charge in [-0.15, -0.1) is 178 Å². The Kier molecular flexibility index (Phi) is 41.1. The van der Waals surface area contributed by atoms with Crippen molar-refractivity contribution in [3.8, 4) is 90.0 Å². The van der Waals surface area contributed by atoms with Gasteiger partial charge < -0.3 is 43.7 Å². The SMILES string of the molecule is Brc1ccccc1.CC(C)Cc1ccc(-c2[c-]cccc2)nc1.COc1cccc(OC)c1-c1ccccc1P(C1CCCCC1)C1CCCCC1.Cc1ccc(-c2[c-]ccc(-c3ccccc3)c2)nc1.Cc1ccc(-c2[c-]ccc(B3OC(C)(C)C(C)(C)O3)c2)nc1.Cc1ccc(-c2[c-]cccc2)nc1.Cc1ccc(-c2[c-]cccc2)nc1.[Ir].[Ir].[Ir]. The number of nitrogens with zero attached hydrogens (tertiary/aromatic N) is 5. The van der Waals surface area contributed by atoms with Crippen molar-refractivity contribution in [2.24, 2.45) is 5.92 Å². The Morgan fingerprint density at radius 2 is 0.787 bits per heavy atom. The van der Waals surface area contributed by atoms with E-state index in [2.05, 4.69) is 222 Å². The second-order valence-corrected chi connectivity index (χ2v) is 35.4. The number of ether oxygens (including phenoxy) is 2. The Morgan fingerprint density at radius 3 is 1.17 bits per heavy atom. The molecule has 0 amide bonds. The molecule has 3 fully saturated rings. The summed E-state index contributed by atoms with van der Waals surface area (Å²) in [6.45, 7) is 20.8. The van der Waals surface area contributed by atoms with Gasteiger partial charge in [0.15, 0.2) is 0 Å². The van der Waals surface area contributed by atoms with Gasteiger partial charge >= 0.3 is 7.12 Å². The van der Waals surface area contributed by atoms with Crippen LogP contribution in [-0.2, 0) is 76.0 Å². The van der Waals surface area contributed by atoms with E-state index < -0.39 is 0 Å². The van der Waals surface area contributed by atoms with Gasteiger partial charge in [-0.05, 0) is 202 Å². The van der Waals surface area contributed by atoms with Crippen molar-refractivity contribution in [1.29, 1.82) is 0 Å². The minimum Gasteiger partial charge on any atom is -0.496 e. The third-order valence-corrected chi connectivity index (χ3v) is 25.5. The zero-order chi connectivity index (χ0) is 83.8. The molecule has 2 saturated carbocycles. The van der Waals surface area contributed by atoms with Crippen molar-refractivity contribution < 1.29 is 79.1 Å². The molecular formula is C107H111BBrIr3N5O4P-5. The summed E-state index contributed by atoms with van der Waals surface area (Å²) in [6, 6.07) is 108. The average molecular weight is 2230 g/mol. The summed E-state index contributed by atoms with van der Waals surface area (Å²) in [5.41, 5.74) is 22.9.